The lowest BCUT2D eigenvalue weighted by molar-refractivity contribution is 0.0915. The van der Waals surface area contributed by atoms with Gasteiger partial charge in [-0.25, -0.2) is 0 Å². The molecule has 126 valence electrons. The van der Waals surface area contributed by atoms with Crippen LogP contribution >= 0.6 is 15.9 Å². The molecule has 24 heavy (non-hydrogen) atoms. The molecule has 1 aliphatic rings. The van der Waals surface area contributed by atoms with Gasteiger partial charge < -0.3 is 19.9 Å². The molecule has 1 atom stereocenters. The van der Waals surface area contributed by atoms with Crippen molar-refractivity contribution in [2.75, 3.05) is 20.3 Å². The van der Waals surface area contributed by atoms with E-state index in [0.29, 0.717) is 22.4 Å². The van der Waals surface area contributed by atoms with E-state index in [1.165, 1.54) is 0 Å². The van der Waals surface area contributed by atoms with Gasteiger partial charge in [-0.1, -0.05) is 6.07 Å². The quantitative estimate of drug-likeness (QED) is 0.821. The van der Waals surface area contributed by atoms with Crippen LogP contribution in [0.5, 0.6) is 11.5 Å². The summed E-state index contributed by atoms with van der Waals surface area (Å²) in [7, 11) is 1.55. The Morgan fingerprint density at radius 2 is 2.21 bits per heavy atom. The Balaban J connectivity index is 1.65. The first-order chi connectivity index (χ1) is 11.6. The molecule has 1 amide bonds. The smallest absolute Gasteiger partial charge is 0.252 e. The molecule has 0 spiro atoms. The third-order valence-electron chi connectivity index (χ3n) is 3.97. The van der Waals surface area contributed by atoms with E-state index in [0.717, 1.165) is 23.3 Å². The Hall–Kier alpha value is -2.05. The van der Waals surface area contributed by atoms with Crippen molar-refractivity contribution in [3.8, 4) is 11.5 Å². The van der Waals surface area contributed by atoms with Gasteiger partial charge in [0.2, 0.25) is 0 Å². The summed E-state index contributed by atoms with van der Waals surface area (Å²) in [5, 5.41) is 13.1. The number of amides is 1. The van der Waals surface area contributed by atoms with E-state index >= 15 is 0 Å². The number of halogens is 1. The summed E-state index contributed by atoms with van der Waals surface area (Å²) in [4.78, 5) is 12.3. The molecule has 1 aliphatic heterocycles. The van der Waals surface area contributed by atoms with E-state index in [2.05, 4.69) is 21.2 Å². The van der Waals surface area contributed by atoms with E-state index in [-0.39, 0.29) is 12.5 Å². The minimum atomic E-state index is -0.774. The van der Waals surface area contributed by atoms with Crippen LogP contribution in [0, 0.1) is 0 Å². The number of rotatable bonds is 5. The van der Waals surface area contributed by atoms with Crippen LogP contribution in [0.15, 0.2) is 40.9 Å². The normalized spacial score (nSPS) is 13.8. The fourth-order valence-electron chi connectivity index (χ4n) is 2.62. The lowest BCUT2D eigenvalue weighted by Crippen LogP contribution is -2.28. The Kier molecular flexibility index (Phi) is 5.06. The number of carbonyl (C=O) groups excluding carboxylic acids is 1. The molecule has 2 N–H and O–H groups in total. The summed E-state index contributed by atoms with van der Waals surface area (Å²) in [5.41, 5.74) is 2.32. The Labute approximate surface area is 148 Å². The molecule has 0 aromatic heterocycles. The number of fused-ring (bicyclic) bond motifs is 1. The van der Waals surface area contributed by atoms with Crippen LogP contribution in [-0.4, -0.2) is 31.3 Å². The summed E-state index contributed by atoms with van der Waals surface area (Å²) in [5.74, 6) is 1.20. The van der Waals surface area contributed by atoms with E-state index in [9.17, 15) is 9.90 Å². The number of aliphatic hydroxyl groups excluding tert-OH is 1. The van der Waals surface area contributed by atoms with Gasteiger partial charge in [0.25, 0.3) is 5.91 Å². The first-order valence-electron chi connectivity index (χ1n) is 7.64. The molecule has 3 rings (SSSR count). The van der Waals surface area contributed by atoms with Crippen molar-refractivity contribution in [3.05, 3.63) is 57.6 Å². The number of carbonyl (C=O) groups is 1. The molecular weight excluding hydrogens is 374 g/mol. The van der Waals surface area contributed by atoms with Gasteiger partial charge in [0, 0.05) is 17.4 Å². The molecule has 2 aromatic carbocycles. The van der Waals surface area contributed by atoms with Crippen molar-refractivity contribution >= 4 is 21.8 Å². The minimum Gasteiger partial charge on any atom is -0.497 e. The van der Waals surface area contributed by atoms with Crippen LogP contribution in [0.3, 0.4) is 0 Å². The first-order valence-corrected chi connectivity index (χ1v) is 8.43. The average Bonchev–Trinajstić information content (AvgIpc) is 3.07. The van der Waals surface area contributed by atoms with Crippen LogP contribution in [-0.2, 0) is 6.42 Å². The molecular formula is C18H18BrNO4. The van der Waals surface area contributed by atoms with E-state index in [1.807, 2.05) is 18.2 Å². The van der Waals surface area contributed by atoms with Crippen molar-refractivity contribution in [2.45, 2.75) is 12.5 Å². The highest BCUT2D eigenvalue weighted by Crippen LogP contribution is 2.28. The molecule has 0 aliphatic carbocycles. The summed E-state index contributed by atoms with van der Waals surface area (Å²) in [6.45, 7) is 0.803. The fourth-order valence-corrected chi connectivity index (χ4v) is 3.05. The number of hydrogen-bond donors (Lipinski definition) is 2. The Morgan fingerprint density at radius 1 is 1.38 bits per heavy atom. The second-order valence-corrected chi connectivity index (χ2v) is 6.39. The zero-order valence-electron chi connectivity index (χ0n) is 13.2. The third-order valence-corrected chi connectivity index (χ3v) is 4.66. The molecule has 0 saturated heterocycles. The van der Waals surface area contributed by atoms with Crippen molar-refractivity contribution in [1.82, 2.24) is 5.32 Å². The van der Waals surface area contributed by atoms with Gasteiger partial charge in [0.05, 0.1) is 25.4 Å². The van der Waals surface area contributed by atoms with Gasteiger partial charge in [-0.3, -0.25) is 4.79 Å². The maximum absolute atomic E-state index is 12.3. The molecule has 1 heterocycles. The summed E-state index contributed by atoms with van der Waals surface area (Å²) < 4.78 is 11.3. The molecule has 0 unspecified atom stereocenters. The van der Waals surface area contributed by atoms with E-state index in [1.54, 1.807) is 25.3 Å². The maximum Gasteiger partial charge on any atom is 0.252 e. The van der Waals surface area contributed by atoms with Crippen molar-refractivity contribution in [3.63, 3.8) is 0 Å². The van der Waals surface area contributed by atoms with Gasteiger partial charge in [-0.2, -0.15) is 0 Å². The lowest BCUT2D eigenvalue weighted by Gasteiger charge is -2.14. The van der Waals surface area contributed by atoms with Gasteiger partial charge in [0.1, 0.15) is 11.5 Å². The molecule has 6 heteroatoms. The highest BCUT2D eigenvalue weighted by atomic mass is 79.9. The third kappa shape index (κ3) is 3.55. The Morgan fingerprint density at radius 3 is 3.00 bits per heavy atom. The number of hydrogen-bond acceptors (Lipinski definition) is 4. The van der Waals surface area contributed by atoms with Crippen molar-refractivity contribution in [2.24, 2.45) is 0 Å². The van der Waals surface area contributed by atoms with E-state index < -0.39 is 6.10 Å². The predicted octanol–water partition coefficient (Wildman–Crippen LogP) is 2.86. The lowest BCUT2D eigenvalue weighted by atomic mass is 10.0. The Bertz CT molecular complexity index is 763. The number of ether oxygens (including phenoxy) is 2. The number of nitrogens with one attached hydrogen (secondary N) is 1. The minimum absolute atomic E-state index is 0.127. The highest BCUT2D eigenvalue weighted by Gasteiger charge is 2.17. The van der Waals surface area contributed by atoms with Gasteiger partial charge in [-0.05, 0) is 57.4 Å². The second kappa shape index (κ2) is 7.23. The molecule has 0 radical (unpaired) electrons. The van der Waals surface area contributed by atoms with Gasteiger partial charge >= 0.3 is 0 Å². The second-order valence-electron chi connectivity index (χ2n) is 5.54. The first kappa shape index (κ1) is 16.8. The molecule has 5 nitrogen and oxygen atoms in total. The summed E-state index contributed by atoms with van der Waals surface area (Å²) in [6.07, 6.45) is 0.0724. The van der Waals surface area contributed by atoms with Crippen LogP contribution in [0.2, 0.25) is 0 Å². The number of methoxy groups -OCH3 is 1. The molecule has 0 fully saturated rings. The monoisotopic (exact) mass is 391 g/mol. The topological polar surface area (TPSA) is 67.8 Å². The summed E-state index contributed by atoms with van der Waals surface area (Å²) >= 11 is 3.35. The number of aliphatic hydroxyl groups is 1. The number of benzene rings is 2. The zero-order valence-corrected chi connectivity index (χ0v) is 14.8. The fraction of sp³-hybridized carbons (Fsp3) is 0.278. The molecule has 0 saturated carbocycles. The SMILES string of the molecule is COc1ccc(Br)c(C(=O)NC[C@H](O)c2ccc3c(c2)CCO3)c1. The zero-order chi connectivity index (χ0) is 17.1. The molecule has 2 aromatic rings. The molecule has 0 bridgehead atoms. The summed E-state index contributed by atoms with van der Waals surface area (Å²) in [6, 6.07) is 10.8. The van der Waals surface area contributed by atoms with Crippen LogP contribution in [0.4, 0.5) is 0 Å². The average molecular weight is 392 g/mol. The van der Waals surface area contributed by atoms with Crippen molar-refractivity contribution < 1.29 is 19.4 Å². The maximum atomic E-state index is 12.3. The van der Waals surface area contributed by atoms with Crippen LogP contribution in [0.1, 0.15) is 27.6 Å². The van der Waals surface area contributed by atoms with E-state index in [4.69, 9.17) is 9.47 Å². The van der Waals surface area contributed by atoms with Gasteiger partial charge in [0.15, 0.2) is 0 Å². The largest absolute Gasteiger partial charge is 0.497 e. The van der Waals surface area contributed by atoms with Crippen molar-refractivity contribution in [1.29, 1.82) is 0 Å². The highest BCUT2D eigenvalue weighted by molar-refractivity contribution is 9.10. The van der Waals surface area contributed by atoms with Crippen LogP contribution < -0.4 is 14.8 Å². The standard InChI is InChI=1S/C18H18BrNO4/c1-23-13-3-4-15(19)14(9-13)18(22)20-10-16(21)11-2-5-17-12(8-11)6-7-24-17/h2-5,8-9,16,21H,6-7,10H2,1H3,(H,20,22)/t16-/m0/s1. The van der Waals surface area contributed by atoms with Crippen LogP contribution in [0.25, 0.3) is 0 Å². The van der Waals surface area contributed by atoms with Gasteiger partial charge in [-0.15, -0.1) is 0 Å². The predicted molar refractivity (Wildman–Crippen MR) is 93.6 cm³/mol.